The van der Waals surface area contributed by atoms with Crippen LogP contribution in [0, 0.1) is 6.92 Å². The number of rotatable bonds is 5. The van der Waals surface area contributed by atoms with Gasteiger partial charge in [-0.05, 0) is 37.5 Å². The molecular weight excluding hydrogens is 372 g/mol. The van der Waals surface area contributed by atoms with Gasteiger partial charge in [-0.3, -0.25) is 4.99 Å². The van der Waals surface area contributed by atoms with Crippen molar-refractivity contribution in [3.63, 3.8) is 0 Å². The van der Waals surface area contributed by atoms with Crippen molar-refractivity contribution in [1.29, 1.82) is 0 Å². The van der Waals surface area contributed by atoms with Gasteiger partial charge in [-0.1, -0.05) is 28.1 Å². The summed E-state index contributed by atoms with van der Waals surface area (Å²) in [5.41, 5.74) is 1.64. The summed E-state index contributed by atoms with van der Waals surface area (Å²) in [6, 6.07) is 8.62. The zero-order valence-corrected chi connectivity index (χ0v) is 15.8. The van der Waals surface area contributed by atoms with Crippen molar-refractivity contribution in [3.8, 4) is 0 Å². The van der Waals surface area contributed by atoms with Crippen LogP contribution in [0.25, 0.3) is 0 Å². The third kappa shape index (κ3) is 4.12. The van der Waals surface area contributed by atoms with Crippen LogP contribution >= 0.6 is 27.3 Å². The average Bonchev–Trinajstić information content (AvgIpc) is 3.23. The summed E-state index contributed by atoms with van der Waals surface area (Å²) in [4.78, 5) is 9.92. The van der Waals surface area contributed by atoms with Crippen LogP contribution in [0.4, 0.5) is 0 Å². The number of aryl methyl sites for hydroxylation is 1. The van der Waals surface area contributed by atoms with Crippen LogP contribution < -0.4 is 10.6 Å². The second-order valence-corrected chi connectivity index (χ2v) is 8.17. The van der Waals surface area contributed by atoms with E-state index in [1.54, 1.807) is 18.4 Å². The normalized spacial score (nSPS) is 16.2. The van der Waals surface area contributed by atoms with Crippen molar-refractivity contribution in [1.82, 2.24) is 15.6 Å². The molecular formula is C17H21BrN4S. The van der Waals surface area contributed by atoms with E-state index in [4.69, 9.17) is 0 Å². The Kier molecular flexibility index (Phi) is 5.02. The third-order valence-corrected chi connectivity index (χ3v) is 5.59. The first-order chi connectivity index (χ1) is 11.1. The number of nitrogens with zero attached hydrogens (tertiary/aromatic N) is 2. The number of thiazole rings is 1. The molecule has 0 radical (unpaired) electrons. The smallest absolute Gasteiger partial charge is 0.191 e. The summed E-state index contributed by atoms with van der Waals surface area (Å²) in [6.07, 6.45) is 4.35. The minimum absolute atomic E-state index is 0.249. The Hall–Kier alpha value is -1.40. The fourth-order valence-corrected chi connectivity index (χ4v) is 3.78. The molecule has 1 saturated carbocycles. The van der Waals surface area contributed by atoms with Crippen LogP contribution in [0.15, 0.2) is 39.9 Å². The zero-order chi connectivity index (χ0) is 16.3. The number of aliphatic imine (C=N–C) groups is 1. The van der Waals surface area contributed by atoms with Crippen LogP contribution in [0.2, 0.25) is 0 Å². The first-order valence-electron chi connectivity index (χ1n) is 7.73. The van der Waals surface area contributed by atoms with E-state index in [9.17, 15) is 0 Å². The molecule has 1 aromatic heterocycles. The number of aromatic nitrogens is 1. The second kappa shape index (κ2) is 7.01. The standard InChI is InChI=1S/C17H21BrN4S/c1-12-9-20-15(23-12)10-21-16(19-2)22-11-17(6-7-17)13-4-3-5-14(18)8-13/h3-5,8-9H,6-7,10-11H2,1-2H3,(H2,19,21,22). The van der Waals surface area contributed by atoms with Crippen molar-refractivity contribution in [2.24, 2.45) is 4.99 Å². The zero-order valence-electron chi connectivity index (χ0n) is 13.4. The van der Waals surface area contributed by atoms with E-state index in [2.05, 4.69) is 67.7 Å². The predicted molar refractivity (Wildman–Crippen MR) is 100 cm³/mol. The van der Waals surface area contributed by atoms with E-state index in [0.29, 0.717) is 6.54 Å². The van der Waals surface area contributed by atoms with Gasteiger partial charge in [0.25, 0.3) is 0 Å². The summed E-state index contributed by atoms with van der Waals surface area (Å²) in [5, 5.41) is 7.89. The van der Waals surface area contributed by atoms with Crippen molar-refractivity contribution in [2.45, 2.75) is 31.7 Å². The Morgan fingerprint density at radius 3 is 2.83 bits per heavy atom. The van der Waals surface area contributed by atoms with Crippen molar-refractivity contribution in [3.05, 3.63) is 50.4 Å². The van der Waals surface area contributed by atoms with E-state index in [-0.39, 0.29) is 5.41 Å². The first-order valence-corrected chi connectivity index (χ1v) is 9.34. The summed E-state index contributed by atoms with van der Waals surface area (Å²) in [5.74, 6) is 0.833. The van der Waals surface area contributed by atoms with E-state index >= 15 is 0 Å². The summed E-state index contributed by atoms with van der Waals surface area (Å²) in [6.45, 7) is 3.69. The van der Waals surface area contributed by atoms with Gasteiger partial charge < -0.3 is 10.6 Å². The molecule has 1 aromatic carbocycles. The Morgan fingerprint density at radius 1 is 1.39 bits per heavy atom. The number of nitrogens with one attached hydrogen (secondary N) is 2. The highest BCUT2D eigenvalue weighted by molar-refractivity contribution is 9.10. The van der Waals surface area contributed by atoms with Gasteiger partial charge in [-0.15, -0.1) is 11.3 Å². The summed E-state index contributed by atoms with van der Waals surface area (Å²) in [7, 11) is 1.81. The number of hydrogen-bond acceptors (Lipinski definition) is 3. The first kappa shape index (κ1) is 16.5. The molecule has 0 spiro atoms. The van der Waals surface area contributed by atoms with Gasteiger partial charge in [-0.25, -0.2) is 4.98 Å². The van der Waals surface area contributed by atoms with Gasteiger partial charge in [0, 0.05) is 34.6 Å². The molecule has 0 atom stereocenters. The molecule has 2 N–H and O–H groups in total. The van der Waals surface area contributed by atoms with Gasteiger partial charge >= 0.3 is 0 Å². The largest absolute Gasteiger partial charge is 0.356 e. The third-order valence-electron chi connectivity index (χ3n) is 4.18. The molecule has 6 heteroatoms. The topological polar surface area (TPSA) is 49.3 Å². The molecule has 0 aliphatic heterocycles. The van der Waals surface area contributed by atoms with E-state index in [1.165, 1.54) is 23.3 Å². The Labute approximate surface area is 149 Å². The maximum absolute atomic E-state index is 4.37. The second-order valence-electron chi connectivity index (χ2n) is 5.93. The van der Waals surface area contributed by atoms with E-state index in [1.807, 2.05) is 6.20 Å². The molecule has 1 aliphatic carbocycles. The molecule has 0 bridgehead atoms. The van der Waals surface area contributed by atoms with Crippen LogP contribution in [0.3, 0.4) is 0 Å². The van der Waals surface area contributed by atoms with Crippen LogP contribution in [-0.2, 0) is 12.0 Å². The van der Waals surface area contributed by atoms with Gasteiger partial charge in [0.05, 0.1) is 6.54 Å². The fraction of sp³-hybridized carbons (Fsp3) is 0.412. The highest BCUT2D eigenvalue weighted by atomic mass is 79.9. The number of hydrogen-bond donors (Lipinski definition) is 2. The molecule has 2 aromatic rings. The molecule has 0 amide bonds. The minimum atomic E-state index is 0.249. The molecule has 0 unspecified atom stereocenters. The Bertz CT molecular complexity index is 706. The van der Waals surface area contributed by atoms with Gasteiger partial charge in [0.2, 0.25) is 0 Å². The Morgan fingerprint density at radius 2 is 2.22 bits per heavy atom. The lowest BCUT2D eigenvalue weighted by Gasteiger charge is -2.19. The SMILES string of the molecule is CN=C(NCc1ncc(C)s1)NCC1(c2cccc(Br)c2)CC1. The lowest BCUT2D eigenvalue weighted by molar-refractivity contribution is 0.645. The van der Waals surface area contributed by atoms with Crippen molar-refractivity contribution in [2.75, 3.05) is 13.6 Å². The lowest BCUT2D eigenvalue weighted by Crippen LogP contribution is -2.40. The number of guanidine groups is 1. The van der Waals surface area contributed by atoms with Crippen LogP contribution in [0.5, 0.6) is 0 Å². The van der Waals surface area contributed by atoms with E-state index in [0.717, 1.165) is 22.0 Å². The Balaban J connectivity index is 1.56. The van der Waals surface area contributed by atoms with Crippen molar-refractivity contribution >= 4 is 33.2 Å². The molecule has 3 rings (SSSR count). The maximum Gasteiger partial charge on any atom is 0.191 e. The highest BCUT2D eigenvalue weighted by Gasteiger charge is 2.44. The lowest BCUT2D eigenvalue weighted by atomic mass is 9.96. The predicted octanol–water partition coefficient (Wildman–Crippen LogP) is 3.61. The maximum atomic E-state index is 4.37. The van der Waals surface area contributed by atoms with Crippen LogP contribution in [-0.4, -0.2) is 24.5 Å². The van der Waals surface area contributed by atoms with Gasteiger partial charge in [0.15, 0.2) is 5.96 Å². The summed E-state index contributed by atoms with van der Waals surface area (Å²) < 4.78 is 1.14. The minimum Gasteiger partial charge on any atom is -0.356 e. The van der Waals surface area contributed by atoms with Gasteiger partial charge in [0.1, 0.15) is 5.01 Å². The number of halogens is 1. The van der Waals surface area contributed by atoms with Crippen molar-refractivity contribution < 1.29 is 0 Å². The molecule has 4 nitrogen and oxygen atoms in total. The molecule has 122 valence electrons. The molecule has 23 heavy (non-hydrogen) atoms. The molecule has 0 saturated heterocycles. The molecule has 1 fully saturated rings. The average molecular weight is 393 g/mol. The molecule has 1 heterocycles. The van der Waals surface area contributed by atoms with Gasteiger partial charge in [-0.2, -0.15) is 0 Å². The van der Waals surface area contributed by atoms with Crippen LogP contribution in [0.1, 0.15) is 28.3 Å². The van der Waals surface area contributed by atoms with E-state index < -0.39 is 0 Å². The number of benzene rings is 1. The fourth-order valence-electron chi connectivity index (χ4n) is 2.65. The molecule has 1 aliphatic rings. The monoisotopic (exact) mass is 392 g/mol. The highest BCUT2D eigenvalue weighted by Crippen LogP contribution is 2.48. The quantitative estimate of drug-likeness (QED) is 0.603. The summed E-state index contributed by atoms with van der Waals surface area (Å²) >= 11 is 5.28.